The molecule has 1 aromatic carbocycles. The van der Waals surface area contributed by atoms with Gasteiger partial charge in [0.1, 0.15) is 0 Å². The van der Waals surface area contributed by atoms with Gasteiger partial charge in [0.15, 0.2) is 0 Å². The van der Waals surface area contributed by atoms with Crippen LogP contribution in [0.3, 0.4) is 0 Å². The van der Waals surface area contributed by atoms with Gasteiger partial charge in [0, 0.05) is 15.7 Å². The average Bonchev–Trinajstić information content (AvgIpc) is 2.08. The van der Waals surface area contributed by atoms with Gasteiger partial charge in [-0.25, -0.2) is 0 Å². The first-order chi connectivity index (χ1) is 5.75. The molecule has 0 amide bonds. The van der Waals surface area contributed by atoms with E-state index in [1.807, 2.05) is 25.1 Å². The number of benzene rings is 1. The highest BCUT2D eigenvalue weighted by atomic mass is 35.5. The molecule has 0 atom stereocenters. The van der Waals surface area contributed by atoms with Crippen LogP contribution in [0.2, 0.25) is 5.02 Å². The topological polar surface area (TPSA) is 0 Å². The van der Waals surface area contributed by atoms with Crippen LogP contribution in [0.4, 0.5) is 0 Å². The van der Waals surface area contributed by atoms with Gasteiger partial charge in [0.05, 0.1) is 0 Å². The summed E-state index contributed by atoms with van der Waals surface area (Å²) in [5.74, 6) is 0.932. The van der Waals surface area contributed by atoms with Crippen molar-refractivity contribution in [3.63, 3.8) is 0 Å². The summed E-state index contributed by atoms with van der Waals surface area (Å²) in [5.41, 5.74) is 1.16. The molecule has 0 nitrogen and oxygen atoms in total. The van der Waals surface area contributed by atoms with Crippen LogP contribution in [0.15, 0.2) is 35.7 Å². The van der Waals surface area contributed by atoms with E-state index in [9.17, 15) is 0 Å². The molecule has 0 fully saturated rings. The lowest BCUT2D eigenvalue weighted by Crippen LogP contribution is -1.81. The lowest BCUT2D eigenvalue weighted by Gasteiger charge is -2.04. The maximum absolute atomic E-state index is 5.95. The quantitative estimate of drug-likeness (QED) is 0.524. The Labute approximate surface area is 82.6 Å². The zero-order valence-electron chi connectivity index (χ0n) is 7.01. The molecule has 0 unspecified atom stereocenters. The van der Waals surface area contributed by atoms with Gasteiger partial charge < -0.3 is 0 Å². The van der Waals surface area contributed by atoms with Crippen LogP contribution < -0.4 is 0 Å². The van der Waals surface area contributed by atoms with Crippen molar-refractivity contribution in [2.75, 3.05) is 5.75 Å². The normalized spacial score (nSPS) is 9.83. The maximum Gasteiger partial charge on any atom is 0.0446 e. The number of thioether (sulfide) groups is 1. The minimum Gasteiger partial charge on any atom is -0.122 e. The van der Waals surface area contributed by atoms with E-state index < -0.39 is 0 Å². The summed E-state index contributed by atoms with van der Waals surface area (Å²) < 4.78 is 0. The van der Waals surface area contributed by atoms with E-state index in [0.717, 1.165) is 16.3 Å². The zero-order chi connectivity index (χ0) is 8.97. The average molecular weight is 199 g/mol. The highest BCUT2D eigenvalue weighted by molar-refractivity contribution is 7.99. The first kappa shape index (κ1) is 9.69. The molecule has 0 spiro atoms. The number of hydrogen-bond acceptors (Lipinski definition) is 1. The molecule has 0 aromatic heterocycles. The van der Waals surface area contributed by atoms with E-state index in [2.05, 4.69) is 12.6 Å². The van der Waals surface area contributed by atoms with Gasteiger partial charge in [-0.3, -0.25) is 0 Å². The van der Waals surface area contributed by atoms with Gasteiger partial charge in [-0.1, -0.05) is 23.7 Å². The zero-order valence-corrected chi connectivity index (χ0v) is 8.58. The van der Waals surface area contributed by atoms with Crippen molar-refractivity contribution in [1.82, 2.24) is 0 Å². The van der Waals surface area contributed by atoms with Crippen LogP contribution >= 0.6 is 23.4 Å². The van der Waals surface area contributed by atoms with Crippen molar-refractivity contribution >= 4 is 23.4 Å². The predicted molar refractivity (Wildman–Crippen MR) is 57.1 cm³/mol. The van der Waals surface area contributed by atoms with Crippen LogP contribution in [0.25, 0.3) is 0 Å². The Hall–Kier alpha value is -0.400. The molecule has 0 saturated carbocycles. The minimum atomic E-state index is 0.837. The Morgan fingerprint density at radius 2 is 2.33 bits per heavy atom. The highest BCUT2D eigenvalue weighted by Crippen LogP contribution is 2.27. The monoisotopic (exact) mass is 198 g/mol. The summed E-state index contributed by atoms with van der Waals surface area (Å²) in [7, 11) is 0. The maximum atomic E-state index is 5.95. The molecule has 0 aliphatic rings. The van der Waals surface area contributed by atoms with E-state index in [1.54, 1.807) is 11.8 Å². The van der Waals surface area contributed by atoms with Gasteiger partial charge in [-0.2, -0.15) is 0 Å². The predicted octanol–water partition coefficient (Wildman–Crippen LogP) is 3.93. The molecule has 0 aliphatic carbocycles. The number of rotatable bonds is 3. The van der Waals surface area contributed by atoms with Crippen molar-refractivity contribution < 1.29 is 0 Å². The van der Waals surface area contributed by atoms with Gasteiger partial charge in [0.2, 0.25) is 0 Å². The minimum absolute atomic E-state index is 0.837. The van der Waals surface area contributed by atoms with E-state index in [0.29, 0.717) is 0 Å². The van der Waals surface area contributed by atoms with Crippen molar-refractivity contribution in [1.29, 1.82) is 0 Å². The first-order valence-corrected chi connectivity index (χ1v) is 5.11. The fourth-order valence-corrected chi connectivity index (χ4v) is 1.92. The SMILES string of the molecule is C=CCSc1cccc(Cl)c1C. The third kappa shape index (κ3) is 2.29. The van der Waals surface area contributed by atoms with E-state index >= 15 is 0 Å². The number of halogens is 1. The lowest BCUT2D eigenvalue weighted by atomic mass is 10.2. The van der Waals surface area contributed by atoms with Crippen molar-refractivity contribution in [2.24, 2.45) is 0 Å². The molecule has 1 rings (SSSR count). The summed E-state index contributed by atoms with van der Waals surface area (Å²) >= 11 is 7.71. The molecule has 0 aliphatic heterocycles. The molecular weight excluding hydrogens is 188 g/mol. The van der Waals surface area contributed by atoms with Crippen LogP contribution in [-0.4, -0.2) is 5.75 Å². The molecule has 64 valence electrons. The summed E-state index contributed by atoms with van der Waals surface area (Å²) in [6, 6.07) is 5.96. The standard InChI is InChI=1S/C10H11ClS/c1-3-7-12-10-6-4-5-9(11)8(10)2/h3-6H,1,7H2,2H3. The summed E-state index contributed by atoms with van der Waals surface area (Å²) in [4.78, 5) is 1.24. The Balaban J connectivity index is 2.84. The summed E-state index contributed by atoms with van der Waals surface area (Å²) in [6.45, 7) is 5.71. The third-order valence-corrected chi connectivity index (χ3v) is 3.14. The fraction of sp³-hybridized carbons (Fsp3) is 0.200. The van der Waals surface area contributed by atoms with Gasteiger partial charge in [0.25, 0.3) is 0 Å². The van der Waals surface area contributed by atoms with Crippen LogP contribution in [0, 0.1) is 6.92 Å². The van der Waals surface area contributed by atoms with Gasteiger partial charge in [-0.15, -0.1) is 18.3 Å². The molecule has 0 radical (unpaired) electrons. The fourth-order valence-electron chi connectivity index (χ4n) is 0.893. The third-order valence-electron chi connectivity index (χ3n) is 1.57. The van der Waals surface area contributed by atoms with Gasteiger partial charge in [-0.05, 0) is 24.6 Å². The Kier molecular flexibility index (Phi) is 3.70. The Bertz CT molecular complexity index is 281. The summed E-state index contributed by atoms with van der Waals surface area (Å²) in [6.07, 6.45) is 1.89. The molecule has 0 heterocycles. The highest BCUT2D eigenvalue weighted by Gasteiger charge is 2.00. The first-order valence-electron chi connectivity index (χ1n) is 3.74. The molecule has 1 aromatic rings. The van der Waals surface area contributed by atoms with Crippen molar-refractivity contribution in [3.8, 4) is 0 Å². The molecular formula is C10H11ClS. The molecule has 0 N–H and O–H groups in total. The Morgan fingerprint density at radius 1 is 1.58 bits per heavy atom. The van der Waals surface area contributed by atoms with Crippen LogP contribution in [-0.2, 0) is 0 Å². The van der Waals surface area contributed by atoms with Crippen molar-refractivity contribution in [2.45, 2.75) is 11.8 Å². The second kappa shape index (κ2) is 4.58. The number of hydrogen-bond donors (Lipinski definition) is 0. The largest absolute Gasteiger partial charge is 0.122 e. The lowest BCUT2D eigenvalue weighted by molar-refractivity contribution is 1.30. The van der Waals surface area contributed by atoms with Crippen LogP contribution in [0.1, 0.15) is 5.56 Å². The second-order valence-corrected chi connectivity index (χ2v) is 3.93. The second-order valence-electron chi connectivity index (χ2n) is 2.46. The van der Waals surface area contributed by atoms with Gasteiger partial charge >= 0.3 is 0 Å². The van der Waals surface area contributed by atoms with Crippen LogP contribution in [0.5, 0.6) is 0 Å². The van der Waals surface area contributed by atoms with E-state index in [1.165, 1.54) is 4.90 Å². The smallest absolute Gasteiger partial charge is 0.0446 e. The Morgan fingerprint density at radius 3 is 3.00 bits per heavy atom. The van der Waals surface area contributed by atoms with E-state index in [4.69, 9.17) is 11.6 Å². The van der Waals surface area contributed by atoms with E-state index in [-0.39, 0.29) is 0 Å². The molecule has 2 heteroatoms. The molecule has 12 heavy (non-hydrogen) atoms. The summed E-state index contributed by atoms with van der Waals surface area (Å²) in [5, 5.41) is 0.837. The molecule has 0 saturated heterocycles. The van der Waals surface area contributed by atoms with Crippen molar-refractivity contribution in [3.05, 3.63) is 41.4 Å². The molecule has 0 bridgehead atoms.